The zero-order valence-corrected chi connectivity index (χ0v) is 9.77. The van der Waals surface area contributed by atoms with E-state index in [-0.39, 0.29) is 12.0 Å². The van der Waals surface area contributed by atoms with Crippen LogP contribution in [0.15, 0.2) is 24.3 Å². The Labute approximate surface area is 104 Å². The number of benzene rings is 1. The number of carbonyl (C=O) groups excluding carboxylic acids is 2. The van der Waals surface area contributed by atoms with E-state index in [1.165, 1.54) is 19.2 Å². The molecule has 1 amide bonds. The number of amides is 1. The fourth-order valence-corrected chi connectivity index (χ4v) is 1.30. The SMILES string of the molecule is C#CC[C@H](NC(=O)c1ccc(F)cc1)C(=O)OC. The van der Waals surface area contributed by atoms with Gasteiger partial charge in [0.1, 0.15) is 11.9 Å². The molecular weight excluding hydrogens is 237 g/mol. The van der Waals surface area contributed by atoms with Gasteiger partial charge in [0.2, 0.25) is 0 Å². The van der Waals surface area contributed by atoms with Gasteiger partial charge in [0, 0.05) is 12.0 Å². The summed E-state index contributed by atoms with van der Waals surface area (Å²) in [5.41, 5.74) is 0.238. The lowest BCUT2D eigenvalue weighted by Crippen LogP contribution is -2.41. The number of halogens is 1. The third kappa shape index (κ3) is 3.59. The molecule has 0 saturated heterocycles. The second-order valence-corrected chi connectivity index (χ2v) is 3.46. The van der Waals surface area contributed by atoms with Crippen LogP contribution in [0.5, 0.6) is 0 Å². The van der Waals surface area contributed by atoms with Crippen LogP contribution < -0.4 is 5.32 Å². The standard InChI is InChI=1S/C13H12FNO3/c1-3-4-11(13(17)18-2)15-12(16)9-5-7-10(14)8-6-9/h1,5-8,11H,4H2,2H3,(H,15,16)/t11-/m0/s1. The average Bonchev–Trinajstić information content (AvgIpc) is 2.38. The summed E-state index contributed by atoms with van der Waals surface area (Å²) in [5, 5.41) is 2.43. The molecule has 0 fully saturated rings. The van der Waals surface area contributed by atoms with E-state index in [0.717, 1.165) is 12.1 Å². The molecule has 5 heteroatoms. The molecule has 0 aliphatic rings. The Balaban J connectivity index is 2.75. The molecule has 0 bridgehead atoms. The molecule has 1 aromatic carbocycles. The molecule has 0 radical (unpaired) electrons. The summed E-state index contributed by atoms with van der Waals surface area (Å²) < 4.78 is 17.2. The van der Waals surface area contributed by atoms with Crippen molar-refractivity contribution >= 4 is 11.9 Å². The molecular formula is C13H12FNO3. The van der Waals surface area contributed by atoms with Crippen molar-refractivity contribution in [2.24, 2.45) is 0 Å². The van der Waals surface area contributed by atoms with Crippen LogP contribution in [0.4, 0.5) is 4.39 Å². The Morgan fingerprint density at radius 3 is 2.56 bits per heavy atom. The molecule has 1 rings (SSSR count). The number of esters is 1. The van der Waals surface area contributed by atoms with Crippen LogP contribution in [0.1, 0.15) is 16.8 Å². The number of terminal acetylenes is 1. The Hall–Kier alpha value is -2.35. The van der Waals surface area contributed by atoms with Crippen molar-refractivity contribution in [2.75, 3.05) is 7.11 Å². The van der Waals surface area contributed by atoms with E-state index in [1.807, 2.05) is 0 Å². The first kappa shape index (κ1) is 13.7. The molecule has 1 aromatic rings. The predicted octanol–water partition coefficient (Wildman–Crippen LogP) is 1.12. The zero-order valence-electron chi connectivity index (χ0n) is 9.77. The van der Waals surface area contributed by atoms with Crippen LogP contribution in [-0.2, 0) is 9.53 Å². The molecule has 0 aliphatic carbocycles. The van der Waals surface area contributed by atoms with Gasteiger partial charge in [-0.15, -0.1) is 12.3 Å². The van der Waals surface area contributed by atoms with Crippen molar-refractivity contribution in [1.82, 2.24) is 5.32 Å². The van der Waals surface area contributed by atoms with Crippen LogP contribution in [0.25, 0.3) is 0 Å². The first-order valence-electron chi connectivity index (χ1n) is 5.16. The van der Waals surface area contributed by atoms with Crippen molar-refractivity contribution in [1.29, 1.82) is 0 Å². The van der Waals surface area contributed by atoms with Crippen LogP contribution in [0.2, 0.25) is 0 Å². The number of rotatable bonds is 4. The van der Waals surface area contributed by atoms with E-state index in [2.05, 4.69) is 16.0 Å². The van der Waals surface area contributed by atoms with Gasteiger partial charge in [-0.3, -0.25) is 4.79 Å². The number of nitrogens with one attached hydrogen (secondary N) is 1. The van der Waals surface area contributed by atoms with Gasteiger partial charge in [-0.05, 0) is 24.3 Å². The van der Waals surface area contributed by atoms with Gasteiger partial charge in [0.05, 0.1) is 7.11 Å². The minimum atomic E-state index is -0.905. The largest absolute Gasteiger partial charge is 0.467 e. The lowest BCUT2D eigenvalue weighted by atomic mass is 10.1. The minimum Gasteiger partial charge on any atom is -0.467 e. The molecule has 0 aromatic heterocycles. The second kappa shape index (κ2) is 6.40. The molecule has 0 heterocycles. The Morgan fingerprint density at radius 1 is 1.44 bits per heavy atom. The number of carbonyl (C=O) groups is 2. The number of hydrogen-bond acceptors (Lipinski definition) is 3. The van der Waals surface area contributed by atoms with Gasteiger partial charge in [-0.25, -0.2) is 9.18 Å². The minimum absolute atomic E-state index is 0.0274. The fraction of sp³-hybridized carbons (Fsp3) is 0.231. The first-order chi connectivity index (χ1) is 8.58. The third-order valence-electron chi connectivity index (χ3n) is 2.22. The quantitative estimate of drug-likeness (QED) is 0.642. The zero-order chi connectivity index (χ0) is 13.5. The lowest BCUT2D eigenvalue weighted by Gasteiger charge is -2.13. The number of ether oxygens (including phenoxy) is 1. The summed E-state index contributed by atoms with van der Waals surface area (Å²) in [4.78, 5) is 23.1. The maximum absolute atomic E-state index is 12.7. The smallest absolute Gasteiger partial charge is 0.329 e. The molecule has 0 unspecified atom stereocenters. The van der Waals surface area contributed by atoms with E-state index in [9.17, 15) is 14.0 Å². The molecule has 0 aliphatic heterocycles. The topological polar surface area (TPSA) is 55.4 Å². The van der Waals surface area contributed by atoms with E-state index >= 15 is 0 Å². The van der Waals surface area contributed by atoms with E-state index in [4.69, 9.17) is 6.42 Å². The van der Waals surface area contributed by atoms with Crippen molar-refractivity contribution < 1.29 is 18.7 Å². The van der Waals surface area contributed by atoms with Crippen molar-refractivity contribution in [3.63, 3.8) is 0 Å². The van der Waals surface area contributed by atoms with E-state index in [1.54, 1.807) is 0 Å². The Morgan fingerprint density at radius 2 is 2.06 bits per heavy atom. The molecule has 0 saturated carbocycles. The molecule has 1 atom stereocenters. The summed E-state index contributed by atoms with van der Waals surface area (Å²) in [6.45, 7) is 0. The molecule has 1 N–H and O–H groups in total. The second-order valence-electron chi connectivity index (χ2n) is 3.46. The Bertz CT molecular complexity index is 476. The molecule has 18 heavy (non-hydrogen) atoms. The number of hydrogen-bond donors (Lipinski definition) is 1. The van der Waals surface area contributed by atoms with Crippen molar-refractivity contribution in [3.8, 4) is 12.3 Å². The van der Waals surface area contributed by atoms with Crippen LogP contribution in [0.3, 0.4) is 0 Å². The van der Waals surface area contributed by atoms with Crippen LogP contribution in [0, 0.1) is 18.2 Å². The van der Waals surface area contributed by atoms with E-state index in [0.29, 0.717) is 0 Å². The van der Waals surface area contributed by atoms with Gasteiger partial charge >= 0.3 is 5.97 Å². The maximum atomic E-state index is 12.7. The van der Waals surface area contributed by atoms with Crippen molar-refractivity contribution in [3.05, 3.63) is 35.6 Å². The molecule has 0 spiro atoms. The summed E-state index contributed by atoms with van der Waals surface area (Å²) in [6, 6.07) is 4.04. The fourth-order valence-electron chi connectivity index (χ4n) is 1.30. The summed E-state index contributed by atoms with van der Waals surface area (Å²) in [6.07, 6.45) is 5.12. The van der Waals surface area contributed by atoms with Gasteiger partial charge in [-0.1, -0.05) is 0 Å². The normalized spacial score (nSPS) is 11.2. The highest BCUT2D eigenvalue weighted by Crippen LogP contribution is 2.04. The lowest BCUT2D eigenvalue weighted by molar-refractivity contribution is -0.142. The van der Waals surface area contributed by atoms with E-state index < -0.39 is 23.7 Å². The number of methoxy groups -OCH3 is 1. The molecule has 4 nitrogen and oxygen atoms in total. The Kier molecular flexibility index (Phi) is 4.88. The van der Waals surface area contributed by atoms with Crippen molar-refractivity contribution in [2.45, 2.75) is 12.5 Å². The van der Waals surface area contributed by atoms with Crippen LogP contribution in [-0.4, -0.2) is 25.0 Å². The van der Waals surface area contributed by atoms with Crippen LogP contribution >= 0.6 is 0 Å². The highest BCUT2D eigenvalue weighted by atomic mass is 19.1. The molecule has 94 valence electrons. The maximum Gasteiger partial charge on any atom is 0.329 e. The summed E-state index contributed by atoms with van der Waals surface area (Å²) in [7, 11) is 1.20. The predicted molar refractivity (Wildman–Crippen MR) is 63.1 cm³/mol. The highest BCUT2D eigenvalue weighted by molar-refractivity contribution is 5.96. The monoisotopic (exact) mass is 249 g/mol. The van der Waals surface area contributed by atoms with Gasteiger partial charge in [0.15, 0.2) is 0 Å². The van der Waals surface area contributed by atoms with Gasteiger partial charge in [-0.2, -0.15) is 0 Å². The van der Waals surface area contributed by atoms with Gasteiger partial charge < -0.3 is 10.1 Å². The highest BCUT2D eigenvalue weighted by Gasteiger charge is 2.20. The third-order valence-corrected chi connectivity index (χ3v) is 2.22. The average molecular weight is 249 g/mol. The van der Waals surface area contributed by atoms with Gasteiger partial charge in [0.25, 0.3) is 5.91 Å². The summed E-state index contributed by atoms with van der Waals surface area (Å²) in [5.74, 6) is 0.694. The summed E-state index contributed by atoms with van der Waals surface area (Å²) >= 11 is 0. The first-order valence-corrected chi connectivity index (χ1v) is 5.16.